The van der Waals surface area contributed by atoms with Gasteiger partial charge in [-0.3, -0.25) is 9.78 Å². The fraction of sp³-hybridized carbons (Fsp3) is 0.294. The number of pyridine rings is 1. The highest BCUT2D eigenvalue weighted by atomic mass is 16.5. The van der Waals surface area contributed by atoms with Gasteiger partial charge in [0.2, 0.25) is 5.91 Å². The normalized spacial score (nSPS) is 10.2. The first-order valence-electron chi connectivity index (χ1n) is 6.99. The molecule has 1 aromatic carbocycles. The summed E-state index contributed by atoms with van der Waals surface area (Å²) in [6.45, 7) is 2.48. The van der Waals surface area contributed by atoms with E-state index in [1.54, 1.807) is 13.3 Å². The molecule has 4 nitrogen and oxygen atoms in total. The van der Waals surface area contributed by atoms with E-state index >= 15 is 0 Å². The Morgan fingerprint density at radius 3 is 2.81 bits per heavy atom. The molecule has 1 aromatic heterocycles. The van der Waals surface area contributed by atoms with Gasteiger partial charge in [-0.25, -0.2) is 0 Å². The van der Waals surface area contributed by atoms with Crippen molar-refractivity contribution in [2.24, 2.45) is 0 Å². The van der Waals surface area contributed by atoms with Crippen LogP contribution in [-0.4, -0.2) is 18.0 Å². The molecule has 0 unspecified atom stereocenters. The molecule has 110 valence electrons. The number of ether oxygens (including phenoxy) is 1. The summed E-state index contributed by atoms with van der Waals surface area (Å²) in [7, 11) is 1.66. The maximum absolute atomic E-state index is 11.8. The number of amides is 1. The predicted molar refractivity (Wildman–Crippen MR) is 82.1 cm³/mol. The third-order valence-corrected chi connectivity index (χ3v) is 3.29. The summed E-state index contributed by atoms with van der Waals surface area (Å²) >= 11 is 0. The molecule has 4 heteroatoms. The van der Waals surface area contributed by atoms with E-state index in [4.69, 9.17) is 4.74 Å². The van der Waals surface area contributed by atoms with Crippen molar-refractivity contribution in [3.05, 3.63) is 59.4 Å². The van der Waals surface area contributed by atoms with Gasteiger partial charge in [-0.15, -0.1) is 0 Å². The van der Waals surface area contributed by atoms with E-state index in [0.717, 1.165) is 29.0 Å². The third kappa shape index (κ3) is 4.60. The number of aromatic nitrogens is 1. The van der Waals surface area contributed by atoms with Crippen LogP contribution in [0.3, 0.4) is 0 Å². The summed E-state index contributed by atoms with van der Waals surface area (Å²) in [5, 5.41) is 2.88. The quantitative estimate of drug-likeness (QED) is 0.887. The monoisotopic (exact) mass is 284 g/mol. The van der Waals surface area contributed by atoms with Gasteiger partial charge in [0.25, 0.3) is 0 Å². The van der Waals surface area contributed by atoms with Gasteiger partial charge in [0.15, 0.2) is 0 Å². The number of carbonyl (C=O) groups excluding carboxylic acids is 1. The van der Waals surface area contributed by atoms with Crippen molar-refractivity contribution < 1.29 is 9.53 Å². The molecule has 0 bridgehead atoms. The van der Waals surface area contributed by atoms with E-state index in [0.29, 0.717) is 13.0 Å². The molecule has 2 aromatic rings. The van der Waals surface area contributed by atoms with Gasteiger partial charge >= 0.3 is 0 Å². The molecule has 21 heavy (non-hydrogen) atoms. The average molecular weight is 284 g/mol. The molecule has 1 amide bonds. The first kappa shape index (κ1) is 15.0. The van der Waals surface area contributed by atoms with Gasteiger partial charge in [-0.1, -0.05) is 18.2 Å². The molecule has 0 saturated heterocycles. The Balaban J connectivity index is 1.80. The maximum Gasteiger partial charge on any atom is 0.220 e. The van der Waals surface area contributed by atoms with E-state index in [-0.39, 0.29) is 5.91 Å². The lowest BCUT2D eigenvalue weighted by Gasteiger charge is -2.08. The summed E-state index contributed by atoms with van der Waals surface area (Å²) in [6.07, 6.45) is 2.92. The summed E-state index contributed by atoms with van der Waals surface area (Å²) in [5.74, 6) is 0.910. The van der Waals surface area contributed by atoms with Crippen LogP contribution in [0.25, 0.3) is 0 Å². The van der Waals surface area contributed by atoms with E-state index in [1.807, 2.05) is 37.3 Å². The molecule has 0 atom stereocenters. The Kier molecular flexibility index (Phi) is 5.32. The second kappa shape index (κ2) is 7.43. The predicted octanol–water partition coefficient (Wildman–Crippen LogP) is 2.65. The van der Waals surface area contributed by atoms with E-state index < -0.39 is 0 Å². The van der Waals surface area contributed by atoms with Gasteiger partial charge in [-0.2, -0.15) is 0 Å². The number of nitrogens with one attached hydrogen (secondary N) is 1. The highest BCUT2D eigenvalue weighted by Gasteiger charge is 2.05. The number of methoxy groups -OCH3 is 1. The summed E-state index contributed by atoms with van der Waals surface area (Å²) in [4.78, 5) is 16.0. The number of carbonyl (C=O) groups is 1. The summed E-state index contributed by atoms with van der Waals surface area (Å²) < 4.78 is 5.23. The van der Waals surface area contributed by atoms with Crippen molar-refractivity contribution in [3.8, 4) is 5.75 Å². The lowest BCUT2D eigenvalue weighted by Crippen LogP contribution is -2.23. The molecule has 0 radical (unpaired) electrons. The number of hydrogen-bond donors (Lipinski definition) is 1. The molecule has 1 N–H and O–H groups in total. The summed E-state index contributed by atoms with van der Waals surface area (Å²) in [6, 6.07) is 11.7. The smallest absolute Gasteiger partial charge is 0.220 e. The van der Waals surface area contributed by atoms with Crippen molar-refractivity contribution in [2.75, 3.05) is 7.11 Å². The second-order valence-corrected chi connectivity index (χ2v) is 4.90. The van der Waals surface area contributed by atoms with Crippen LogP contribution in [0.15, 0.2) is 42.6 Å². The minimum absolute atomic E-state index is 0.0362. The third-order valence-electron chi connectivity index (χ3n) is 3.29. The molecule has 0 fully saturated rings. The molecular formula is C17H20N2O2. The molecule has 2 rings (SSSR count). The number of aryl methyl sites for hydroxylation is 2. The minimum Gasteiger partial charge on any atom is -0.496 e. The van der Waals surface area contributed by atoms with Crippen molar-refractivity contribution in [2.45, 2.75) is 26.3 Å². The Morgan fingerprint density at radius 2 is 2.14 bits per heavy atom. The van der Waals surface area contributed by atoms with Crippen LogP contribution in [0.1, 0.15) is 23.2 Å². The SMILES string of the molecule is COc1ccc(CCC(=O)NCc2ccccn2)cc1C. The van der Waals surface area contributed by atoms with E-state index in [1.165, 1.54) is 0 Å². The Hall–Kier alpha value is -2.36. The average Bonchev–Trinajstić information content (AvgIpc) is 2.52. The zero-order valence-electron chi connectivity index (χ0n) is 12.4. The van der Waals surface area contributed by atoms with Crippen LogP contribution in [-0.2, 0) is 17.8 Å². The second-order valence-electron chi connectivity index (χ2n) is 4.90. The Bertz CT molecular complexity index is 597. The lowest BCUT2D eigenvalue weighted by atomic mass is 10.1. The van der Waals surface area contributed by atoms with E-state index in [9.17, 15) is 4.79 Å². The number of nitrogens with zero attached hydrogens (tertiary/aromatic N) is 1. The number of benzene rings is 1. The van der Waals surface area contributed by atoms with Crippen LogP contribution >= 0.6 is 0 Å². The fourth-order valence-corrected chi connectivity index (χ4v) is 2.13. The van der Waals surface area contributed by atoms with Gasteiger partial charge < -0.3 is 10.1 Å². The fourth-order valence-electron chi connectivity index (χ4n) is 2.13. The zero-order valence-corrected chi connectivity index (χ0v) is 12.4. The molecule has 0 aliphatic heterocycles. The maximum atomic E-state index is 11.8. The Morgan fingerprint density at radius 1 is 1.29 bits per heavy atom. The highest BCUT2D eigenvalue weighted by Crippen LogP contribution is 2.19. The van der Waals surface area contributed by atoms with E-state index in [2.05, 4.69) is 16.4 Å². The van der Waals surface area contributed by atoms with Crippen molar-refractivity contribution >= 4 is 5.91 Å². The van der Waals surface area contributed by atoms with Gasteiger partial charge in [-0.05, 0) is 42.7 Å². The molecule has 0 aliphatic carbocycles. The van der Waals surface area contributed by atoms with Gasteiger partial charge in [0.1, 0.15) is 5.75 Å². The van der Waals surface area contributed by atoms with Crippen molar-refractivity contribution in [1.82, 2.24) is 10.3 Å². The number of hydrogen-bond acceptors (Lipinski definition) is 3. The zero-order chi connectivity index (χ0) is 15.1. The van der Waals surface area contributed by atoms with Crippen LogP contribution in [0.5, 0.6) is 5.75 Å². The van der Waals surface area contributed by atoms with Crippen LogP contribution in [0.4, 0.5) is 0 Å². The Labute approximate surface area is 125 Å². The van der Waals surface area contributed by atoms with Crippen LogP contribution in [0, 0.1) is 6.92 Å². The molecule has 0 spiro atoms. The minimum atomic E-state index is 0.0362. The van der Waals surface area contributed by atoms with Gasteiger partial charge in [0.05, 0.1) is 19.3 Å². The molecule has 0 saturated carbocycles. The first-order chi connectivity index (χ1) is 10.2. The van der Waals surface area contributed by atoms with Crippen LogP contribution in [0.2, 0.25) is 0 Å². The first-order valence-corrected chi connectivity index (χ1v) is 6.99. The van der Waals surface area contributed by atoms with Crippen molar-refractivity contribution in [1.29, 1.82) is 0 Å². The molecule has 0 aliphatic rings. The molecule has 1 heterocycles. The largest absolute Gasteiger partial charge is 0.496 e. The summed E-state index contributed by atoms with van der Waals surface area (Å²) in [5.41, 5.74) is 3.09. The van der Waals surface area contributed by atoms with Gasteiger partial charge in [0, 0.05) is 12.6 Å². The molecular weight excluding hydrogens is 264 g/mol. The highest BCUT2D eigenvalue weighted by molar-refractivity contribution is 5.76. The lowest BCUT2D eigenvalue weighted by molar-refractivity contribution is -0.121. The topological polar surface area (TPSA) is 51.2 Å². The standard InChI is InChI=1S/C17H20N2O2/c1-13-11-14(6-8-16(13)21-2)7-9-17(20)19-12-15-5-3-4-10-18-15/h3-6,8,10-11H,7,9,12H2,1-2H3,(H,19,20). The number of rotatable bonds is 6. The van der Waals surface area contributed by atoms with Crippen LogP contribution < -0.4 is 10.1 Å². The van der Waals surface area contributed by atoms with Crippen molar-refractivity contribution in [3.63, 3.8) is 0 Å².